The minimum atomic E-state index is -0.0000926. The van der Waals surface area contributed by atoms with E-state index in [4.69, 9.17) is 4.74 Å². The summed E-state index contributed by atoms with van der Waals surface area (Å²) in [6.07, 6.45) is 0. The molecule has 1 aromatic carbocycles. The number of anilines is 1. The molecule has 0 saturated carbocycles. The van der Waals surface area contributed by atoms with Crippen LogP contribution in [0.5, 0.6) is 0 Å². The van der Waals surface area contributed by atoms with Gasteiger partial charge in [0, 0.05) is 18.8 Å². The topological polar surface area (TPSA) is 29.5 Å². The fraction of sp³-hybridized carbons (Fsp3) is 0.500. The molecule has 3 heteroatoms. The van der Waals surface area contributed by atoms with Crippen LogP contribution in [0.3, 0.4) is 0 Å². The number of nitrogens with zero attached hydrogens (tertiary/aromatic N) is 1. The molecule has 1 amide bonds. The van der Waals surface area contributed by atoms with E-state index in [0.29, 0.717) is 0 Å². The molecule has 0 heterocycles. The Morgan fingerprint density at radius 2 is 1.82 bits per heavy atom. The predicted octanol–water partition coefficient (Wildman–Crippen LogP) is 2.69. The molecule has 0 aromatic heterocycles. The minimum Gasteiger partial charge on any atom is -0.375 e. The van der Waals surface area contributed by atoms with Crippen molar-refractivity contribution in [1.82, 2.24) is 0 Å². The van der Waals surface area contributed by atoms with Gasteiger partial charge in [0.2, 0.25) is 0 Å². The highest BCUT2D eigenvalue weighted by molar-refractivity contribution is 5.96. The van der Waals surface area contributed by atoms with Crippen molar-refractivity contribution in [2.45, 2.75) is 33.7 Å². The molecular formula is C14H21NO2. The van der Waals surface area contributed by atoms with Gasteiger partial charge in [-0.15, -0.1) is 0 Å². The second-order valence-corrected chi connectivity index (χ2v) is 4.53. The number of ether oxygens (including phenoxy) is 1. The Hall–Kier alpha value is -1.35. The summed E-state index contributed by atoms with van der Waals surface area (Å²) in [4.78, 5) is 13.9. The fourth-order valence-corrected chi connectivity index (χ4v) is 2.05. The van der Waals surface area contributed by atoms with Gasteiger partial charge in [-0.2, -0.15) is 0 Å². The monoisotopic (exact) mass is 235 g/mol. The quantitative estimate of drug-likeness (QED) is 0.803. The van der Waals surface area contributed by atoms with Gasteiger partial charge in [-0.3, -0.25) is 4.79 Å². The van der Waals surface area contributed by atoms with E-state index in [1.54, 1.807) is 7.11 Å². The number of para-hydroxylation sites is 1. The Morgan fingerprint density at radius 3 is 2.24 bits per heavy atom. The molecule has 0 atom stereocenters. The van der Waals surface area contributed by atoms with Crippen molar-refractivity contribution >= 4 is 11.6 Å². The minimum absolute atomic E-state index is 0.0000926. The van der Waals surface area contributed by atoms with Gasteiger partial charge < -0.3 is 9.64 Å². The maximum Gasteiger partial charge on any atom is 0.253 e. The van der Waals surface area contributed by atoms with Gasteiger partial charge in [0.1, 0.15) is 6.61 Å². The number of aryl methyl sites for hydroxylation is 2. The number of rotatable bonds is 4. The Labute approximate surface area is 103 Å². The Balaban J connectivity index is 3.19. The summed E-state index contributed by atoms with van der Waals surface area (Å²) in [5.41, 5.74) is 3.23. The largest absolute Gasteiger partial charge is 0.375 e. The number of hydrogen-bond acceptors (Lipinski definition) is 2. The molecule has 0 aliphatic rings. The van der Waals surface area contributed by atoms with Crippen molar-refractivity contribution in [3.05, 3.63) is 29.3 Å². The summed E-state index contributed by atoms with van der Waals surface area (Å²) in [5.74, 6) is -0.0000926. The summed E-state index contributed by atoms with van der Waals surface area (Å²) in [5, 5.41) is 0. The lowest BCUT2D eigenvalue weighted by Gasteiger charge is -2.29. The zero-order chi connectivity index (χ0) is 13.0. The van der Waals surface area contributed by atoms with Crippen LogP contribution >= 0.6 is 0 Å². The Morgan fingerprint density at radius 1 is 1.29 bits per heavy atom. The summed E-state index contributed by atoms with van der Waals surface area (Å²) >= 11 is 0. The third kappa shape index (κ3) is 3.07. The van der Waals surface area contributed by atoms with Gasteiger partial charge in [0.25, 0.3) is 5.91 Å². The van der Waals surface area contributed by atoms with E-state index >= 15 is 0 Å². The van der Waals surface area contributed by atoms with Crippen molar-refractivity contribution in [2.24, 2.45) is 0 Å². The fourth-order valence-electron chi connectivity index (χ4n) is 2.05. The molecule has 0 radical (unpaired) electrons. The van der Waals surface area contributed by atoms with E-state index in [1.807, 2.05) is 50.8 Å². The van der Waals surface area contributed by atoms with Crippen LogP contribution in [0.4, 0.5) is 5.69 Å². The number of amides is 1. The maximum atomic E-state index is 12.1. The van der Waals surface area contributed by atoms with E-state index in [1.165, 1.54) is 0 Å². The number of carbonyl (C=O) groups is 1. The van der Waals surface area contributed by atoms with E-state index in [-0.39, 0.29) is 18.6 Å². The maximum absolute atomic E-state index is 12.1. The molecule has 3 nitrogen and oxygen atoms in total. The van der Waals surface area contributed by atoms with E-state index < -0.39 is 0 Å². The van der Waals surface area contributed by atoms with Crippen molar-refractivity contribution < 1.29 is 9.53 Å². The van der Waals surface area contributed by atoms with Crippen molar-refractivity contribution in [1.29, 1.82) is 0 Å². The van der Waals surface area contributed by atoms with Crippen molar-refractivity contribution in [3.8, 4) is 0 Å². The first kappa shape index (κ1) is 13.7. The second-order valence-electron chi connectivity index (χ2n) is 4.53. The van der Waals surface area contributed by atoms with Crippen molar-refractivity contribution in [2.75, 3.05) is 18.6 Å². The van der Waals surface area contributed by atoms with Crippen LogP contribution in [-0.4, -0.2) is 25.7 Å². The third-order valence-corrected chi connectivity index (χ3v) is 2.73. The molecule has 0 aliphatic heterocycles. The van der Waals surface area contributed by atoms with Gasteiger partial charge in [-0.25, -0.2) is 0 Å². The molecule has 0 aliphatic carbocycles. The Bertz CT molecular complexity index is 379. The SMILES string of the molecule is COCC(=O)N(c1c(C)cccc1C)C(C)C. The van der Waals surface area contributed by atoms with Gasteiger partial charge in [-0.1, -0.05) is 18.2 Å². The Kier molecular flexibility index (Phi) is 4.70. The second kappa shape index (κ2) is 5.82. The number of methoxy groups -OCH3 is 1. The number of hydrogen-bond donors (Lipinski definition) is 0. The summed E-state index contributed by atoms with van der Waals surface area (Å²) in [7, 11) is 1.54. The summed E-state index contributed by atoms with van der Waals surface area (Å²) < 4.78 is 4.94. The molecule has 0 spiro atoms. The van der Waals surface area contributed by atoms with Crippen LogP contribution in [0.25, 0.3) is 0 Å². The highest BCUT2D eigenvalue weighted by Crippen LogP contribution is 2.26. The van der Waals surface area contributed by atoms with E-state index in [9.17, 15) is 4.79 Å². The lowest BCUT2D eigenvalue weighted by atomic mass is 10.1. The van der Waals surface area contributed by atoms with Gasteiger partial charge >= 0.3 is 0 Å². The van der Waals surface area contributed by atoms with Crippen LogP contribution in [-0.2, 0) is 9.53 Å². The third-order valence-electron chi connectivity index (χ3n) is 2.73. The van der Waals surface area contributed by atoms with Crippen molar-refractivity contribution in [3.63, 3.8) is 0 Å². The number of benzene rings is 1. The molecule has 1 aromatic rings. The van der Waals surface area contributed by atoms with Gasteiger partial charge in [-0.05, 0) is 38.8 Å². The molecule has 17 heavy (non-hydrogen) atoms. The van der Waals surface area contributed by atoms with E-state index in [2.05, 4.69) is 0 Å². The highest BCUT2D eigenvalue weighted by Gasteiger charge is 2.21. The molecule has 94 valence electrons. The lowest BCUT2D eigenvalue weighted by molar-refractivity contribution is -0.122. The van der Waals surface area contributed by atoms with Crippen LogP contribution in [0.15, 0.2) is 18.2 Å². The zero-order valence-corrected chi connectivity index (χ0v) is 11.3. The lowest BCUT2D eigenvalue weighted by Crippen LogP contribution is -2.40. The first-order chi connectivity index (χ1) is 7.99. The summed E-state index contributed by atoms with van der Waals surface area (Å²) in [6.45, 7) is 8.19. The standard InChI is InChI=1S/C14H21NO2/c1-10(2)15(13(16)9-17-5)14-11(3)7-6-8-12(14)4/h6-8,10H,9H2,1-5H3. The first-order valence-corrected chi connectivity index (χ1v) is 5.86. The van der Waals surface area contributed by atoms with Crippen LogP contribution in [0.1, 0.15) is 25.0 Å². The van der Waals surface area contributed by atoms with Crippen LogP contribution in [0, 0.1) is 13.8 Å². The predicted molar refractivity (Wildman–Crippen MR) is 70.4 cm³/mol. The normalized spacial score (nSPS) is 10.7. The molecule has 1 rings (SSSR count). The summed E-state index contributed by atoms with van der Waals surface area (Å²) in [6, 6.07) is 6.18. The van der Waals surface area contributed by atoms with Gasteiger partial charge in [0.15, 0.2) is 0 Å². The van der Waals surface area contributed by atoms with Gasteiger partial charge in [0.05, 0.1) is 0 Å². The molecule has 0 unspecified atom stereocenters. The molecule has 0 saturated heterocycles. The van der Waals surface area contributed by atoms with E-state index in [0.717, 1.165) is 16.8 Å². The zero-order valence-electron chi connectivity index (χ0n) is 11.3. The van der Waals surface area contributed by atoms with Crippen LogP contribution < -0.4 is 4.90 Å². The highest BCUT2D eigenvalue weighted by atomic mass is 16.5. The molecular weight excluding hydrogens is 214 g/mol. The molecule has 0 bridgehead atoms. The average Bonchev–Trinajstić information content (AvgIpc) is 2.23. The number of carbonyl (C=O) groups excluding carboxylic acids is 1. The molecule has 0 N–H and O–H groups in total. The molecule has 0 fully saturated rings. The average molecular weight is 235 g/mol. The van der Waals surface area contributed by atoms with Crippen LogP contribution in [0.2, 0.25) is 0 Å². The smallest absolute Gasteiger partial charge is 0.253 e. The first-order valence-electron chi connectivity index (χ1n) is 5.86.